The minimum Gasteiger partial charge on any atom is -0.481 e. The smallest absolute Gasteiger partial charge is 0.305 e. The van der Waals surface area contributed by atoms with Gasteiger partial charge in [-0.15, -0.1) is 11.3 Å². The van der Waals surface area contributed by atoms with Crippen LogP contribution in [0.2, 0.25) is 0 Å². The summed E-state index contributed by atoms with van der Waals surface area (Å²) in [6.07, 6.45) is -0.0486. The number of thiazole rings is 1. The molecule has 0 bridgehead atoms. The van der Waals surface area contributed by atoms with Gasteiger partial charge in [-0.25, -0.2) is 4.98 Å². The highest BCUT2D eigenvalue weighted by molar-refractivity contribution is 7.09. The zero-order chi connectivity index (χ0) is 13.0. The zero-order valence-electron chi connectivity index (χ0n) is 10.1. The largest absolute Gasteiger partial charge is 0.481 e. The molecule has 94 valence electrons. The molecule has 0 saturated carbocycles. The molecule has 1 heterocycles. The van der Waals surface area contributed by atoms with Gasteiger partial charge in [-0.3, -0.25) is 9.59 Å². The van der Waals surface area contributed by atoms with Crippen LogP contribution in [-0.2, 0) is 4.79 Å². The zero-order valence-corrected chi connectivity index (χ0v) is 11.0. The Morgan fingerprint density at radius 1 is 1.53 bits per heavy atom. The number of aryl methyl sites for hydroxylation is 1. The first kappa shape index (κ1) is 13.6. The number of carboxylic acid groups (broad SMARTS) is 1. The van der Waals surface area contributed by atoms with Crippen molar-refractivity contribution in [2.75, 3.05) is 6.54 Å². The number of aromatic nitrogens is 1. The third kappa shape index (κ3) is 3.81. The fraction of sp³-hybridized carbons (Fsp3) is 0.545. The van der Waals surface area contributed by atoms with E-state index in [1.54, 1.807) is 5.38 Å². The van der Waals surface area contributed by atoms with Gasteiger partial charge in [-0.1, -0.05) is 0 Å². The fourth-order valence-electron chi connectivity index (χ4n) is 1.42. The van der Waals surface area contributed by atoms with Crippen LogP contribution in [0.4, 0.5) is 0 Å². The highest BCUT2D eigenvalue weighted by Gasteiger charge is 2.21. The first-order valence-corrected chi connectivity index (χ1v) is 6.24. The van der Waals surface area contributed by atoms with Crippen LogP contribution in [0.3, 0.4) is 0 Å². The lowest BCUT2D eigenvalue weighted by atomic mass is 10.2. The quantitative estimate of drug-likeness (QED) is 0.871. The summed E-state index contributed by atoms with van der Waals surface area (Å²) in [5.41, 5.74) is 0.395. The van der Waals surface area contributed by atoms with Crippen LogP contribution in [0.5, 0.6) is 0 Å². The predicted molar refractivity (Wildman–Crippen MR) is 65.3 cm³/mol. The molecule has 0 aliphatic carbocycles. The van der Waals surface area contributed by atoms with Gasteiger partial charge in [0.2, 0.25) is 0 Å². The number of nitrogens with zero attached hydrogens (tertiary/aromatic N) is 2. The van der Waals surface area contributed by atoms with Crippen molar-refractivity contribution in [1.29, 1.82) is 0 Å². The van der Waals surface area contributed by atoms with Crippen LogP contribution in [0.25, 0.3) is 0 Å². The van der Waals surface area contributed by atoms with Gasteiger partial charge in [0.25, 0.3) is 5.91 Å². The molecule has 0 aromatic carbocycles. The molecule has 1 N–H and O–H groups in total. The second kappa shape index (κ2) is 5.77. The first-order chi connectivity index (χ1) is 7.91. The number of hydrogen-bond donors (Lipinski definition) is 1. The van der Waals surface area contributed by atoms with Crippen molar-refractivity contribution in [2.24, 2.45) is 0 Å². The number of carbonyl (C=O) groups is 2. The average Bonchev–Trinajstić information content (AvgIpc) is 2.63. The van der Waals surface area contributed by atoms with Crippen molar-refractivity contribution in [1.82, 2.24) is 9.88 Å². The van der Waals surface area contributed by atoms with Crippen molar-refractivity contribution in [3.63, 3.8) is 0 Å². The molecule has 17 heavy (non-hydrogen) atoms. The van der Waals surface area contributed by atoms with E-state index in [9.17, 15) is 9.59 Å². The third-order valence-corrected chi connectivity index (χ3v) is 3.06. The van der Waals surface area contributed by atoms with Crippen molar-refractivity contribution in [3.8, 4) is 0 Å². The molecule has 0 fully saturated rings. The molecule has 6 heteroatoms. The molecule has 0 aliphatic rings. The Balaban J connectivity index is 2.77. The second-order valence-electron chi connectivity index (χ2n) is 3.99. The van der Waals surface area contributed by atoms with Gasteiger partial charge in [0, 0.05) is 18.0 Å². The molecule has 0 unspecified atom stereocenters. The molecular formula is C11H16N2O3S. The van der Waals surface area contributed by atoms with Gasteiger partial charge in [-0.05, 0) is 20.8 Å². The molecule has 0 aliphatic heterocycles. The minimum atomic E-state index is -0.905. The molecule has 1 amide bonds. The van der Waals surface area contributed by atoms with E-state index in [-0.39, 0.29) is 24.9 Å². The van der Waals surface area contributed by atoms with E-state index in [0.29, 0.717) is 5.69 Å². The summed E-state index contributed by atoms with van der Waals surface area (Å²) in [5.74, 6) is -1.11. The van der Waals surface area contributed by atoms with E-state index in [4.69, 9.17) is 5.11 Å². The summed E-state index contributed by atoms with van der Waals surface area (Å²) in [6.45, 7) is 5.76. The molecule has 0 spiro atoms. The van der Waals surface area contributed by atoms with Crippen molar-refractivity contribution in [3.05, 3.63) is 16.1 Å². The summed E-state index contributed by atoms with van der Waals surface area (Å²) in [5, 5.41) is 11.2. The van der Waals surface area contributed by atoms with Crippen molar-refractivity contribution in [2.45, 2.75) is 33.2 Å². The van der Waals surface area contributed by atoms with Crippen LogP contribution < -0.4 is 0 Å². The summed E-state index contributed by atoms with van der Waals surface area (Å²) >= 11 is 1.41. The number of amides is 1. The molecular weight excluding hydrogens is 240 g/mol. The Bertz CT molecular complexity index is 415. The first-order valence-electron chi connectivity index (χ1n) is 5.36. The second-order valence-corrected chi connectivity index (χ2v) is 5.05. The minimum absolute atomic E-state index is 0.0381. The maximum atomic E-state index is 12.1. The molecule has 5 nitrogen and oxygen atoms in total. The van der Waals surface area contributed by atoms with Gasteiger partial charge in [0.1, 0.15) is 5.69 Å². The predicted octanol–water partition coefficient (Wildman–Crippen LogP) is 1.78. The summed E-state index contributed by atoms with van der Waals surface area (Å²) in [6, 6.07) is -0.0381. The lowest BCUT2D eigenvalue weighted by molar-refractivity contribution is -0.137. The summed E-state index contributed by atoms with van der Waals surface area (Å²) in [7, 11) is 0. The summed E-state index contributed by atoms with van der Waals surface area (Å²) in [4.78, 5) is 28.3. The number of carbonyl (C=O) groups excluding carboxylic acids is 1. The molecule has 1 aromatic heterocycles. The lowest BCUT2D eigenvalue weighted by Crippen LogP contribution is -2.38. The van der Waals surface area contributed by atoms with Crippen molar-refractivity contribution >= 4 is 23.2 Å². The number of rotatable bonds is 5. The van der Waals surface area contributed by atoms with Crippen LogP contribution in [0, 0.1) is 6.92 Å². The van der Waals surface area contributed by atoms with E-state index in [2.05, 4.69) is 4.98 Å². The average molecular weight is 256 g/mol. The highest BCUT2D eigenvalue weighted by atomic mass is 32.1. The number of hydrogen-bond acceptors (Lipinski definition) is 4. The van der Waals surface area contributed by atoms with E-state index < -0.39 is 5.97 Å². The number of aliphatic carboxylic acids is 1. The molecule has 1 rings (SSSR count). The van der Waals surface area contributed by atoms with Gasteiger partial charge >= 0.3 is 5.97 Å². The molecule has 1 aromatic rings. The normalized spacial score (nSPS) is 10.6. The Kier molecular flexibility index (Phi) is 4.62. The fourth-order valence-corrected chi connectivity index (χ4v) is 2.01. The van der Waals surface area contributed by atoms with Crippen LogP contribution in [0.1, 0.15) is 35.8 Å². The molecule has 0 radical (unpaired) electrons. The standard InChI is InChI=1S/C11H16N2O3S/c1-7(2)13(5-4-10(14)15)11(16)9-6-17-8(3)12-9/h6-7H,4-5H2,1-3H3,(H,14,15). The van der Waals surface area contributed by atoms with Crippen LogP contribution in [0.15, 0.2) is 5.38 Å². The van der Waals surface area contributed by atoms with E-state index in [1.165, 1.54) is 16.2 Å². The lowest BCUT2D eigenvalue weighted by Gasteiger charge is -2.25. The maximum absolute atomic E-state index is 12.1. The monoisotopic (exact) mass is 256 g/mol. The van der Waals surface area contributed by atoms with E-state index >= 15 is 0 Å². The number of carboxylic acids is 1. The van der Waals surface area contributed by atoms with Crippen LogP contribution in [-0.4, -0.2) is 39.5 Å². The van der Waals surface area contributed by atoms with Crippen LogP contribution >= 0.6 is 11.3 Å². The Morgan fingerprint density at radius 3 is 2.59 bits per heavy atom. The molecule has 0 saturated heterocycles. The summed E-state index contributed by atoms with van der Waals surface area (Å²) < 4.78 is 0. The Hall–Kier alpha value is -1.43. The maximum Gasteiger partial charge on any atom is 0.305 e. The van der Waals surface area contributed by atoms with E-state index in [1.807, 2.05) is 20.8 Å². The SMILES string of the molecule is Cc1nc(C(=O)N(CCC(=O)O)C(C)C)cs1. The third-order valence-electron chi connectivity index (χ3n) is 2.29. The van der Waals surface area contributed by atoms with Gasteiger partial charge in [0.05, 0.1) is 11.4 Å². The molecule has 0 atom stereocenters. The van der Waals surface area contributed by atoms with Gasteiger partial charge < -0.3 is 10.0 Å². The van der Waals surface area contributed by atoms with Gasteiger partial charge in [0.15, 0.2) is 0 Å². The van der Waals surface area contributed by atoms with Crippen molar-refractivity contribution < 1.29 is 14.7 Å². The topological polar surface area (TPSA) is 70.5 Å². The van der Waals surface area contributed by atoms with E-state index in [0.717, 1.165) is 5.01 Å². The Labute approximate surface area is 104 Å². The Morgan fingerprint density at radius 2 is 2.18 bits per heavy atom. The van der Waals surface area contributed by atoms with Gasteiger partial charge in [-0.2, -0.15) is 0 Å². The highest BCUT2D eigenvalue weighted by Crippen LogP contribution is 2.12.